The van der Waals surface area contributed by atoms with Gasteiger partial charge in [-0.05, 0) is 37.0 Å². The lowest BCUT2D eigenvalue weighted by atomic mass is 9.99. The molecule has 138 valence electrons. The van der Waals surface area contributed by atoms with Gasteiger partial charge in [-0.2, -0.15) is 0 Å². The smallest absolute Gasteiger partial charge is 0.254 e. The second-order valence-corrected chi connectivity index (χ2v) is 6.74. The van der Waals surface area contributed by atoms with Crippen LogP contribution in [0.5, 0.6) is 0 Å². The standard InChI is InChI=1S/C18H24FN3O2.ClH/c19-15-5-1-4-14(11-15)18(24)22-9-7-21(8-10-22)17(23)12-13-3-2-6-16(13)20;/h1,4-5,11,13,16H,2-3,6-10,12,20H2;1H/t13-,16+;/m0./s1. The normalized spacial score (nSPS) is 23.3. The van der Waals surface area contributed by atoms with E-state index in [0.717, 1.165) is 19.3 Å². The molecule has 2 aliphatic rings. The summed E-state index contributed by atoms with van der Waals surface area (Å²) < 4.78 is 13.3. The molecule has 2 amide bonds. The number of hydrogen-bond acceptors (Lipinski definition) is 3. The fourth-order valence-electron chi connectivity index (χ4n) is 3.64. The van der Waals surface area contributed by atoms with Crippen LogP contribution in [0, 0.1) is 11.7 Å². The van der Waals surface area contributed by atoms with E-state index in [-0.39, 0.29) is 30.3 Å². The van der Waals surface area contributed by atoms with Crippen molar-refractivity contribution in [3.8, 4) is 0 Å². The first-order chi connectivity index (χ1) is 11.5. The van der Waals surface area contributed by atoms with Crippen molar-refractivity contribution < 1.29 is 14.0 Å². The molecule has 0 unspecified atom stereocenters. The van der Waals surface area contributed by atoms with Crippen molar-refractivity contribution in [2.45, 2.75) is 31.7 Å². The number of carbonyl (C=O) groups is 2. The van der Waals surface area contributed by atoms with Crippen LogP contribution in [0.25, 0.3) is 0 Å². The Balaban J connectivity index is 0.00000225. The Hall–Kier alpha value is -1.66. The quantitative estimate of drug-likeness (QED) is 0.886. The first-order valence-electron chi connectivity index (χ1n) is 8.63. The van der Waals surface area contributed by atoms with Crippen LogP contribution >= 0.6 is 12.4 Å². The predicted octanol–water partition coefficient (Wildman–Crippen LogP) is 2.05. The Morgan fingerprint density at radius 1 is 1.12 bits per heavy atom. The van der Waals surface area contributed by atoms with Crippen LogP contribution in [-0.2, 0) is 4.79 Å². The summed E-state index contributed by atoms with van der Waals surface area (Å²) in [5.74, 6) is -0.165. The average Bonchev–Trinajstić information content (AvgIpc) is 2.99. The highest BCUT2D eigenvalue weighted by Gasteiger charge is 2.30. The van der Waals surface area contributed by atoms with Crippen molar-refractivity contribution in [3.05, 3.63) is 35.6 Å². The first kappa shape index (κ1) is 19.7. The van der Waals surface area contributed by atoms with E-state index < -0.39 is 5.82 Å². The highest BCUT2D eigenvalue weighted by Crippen LogP contribution is 2.27. The molecule has 1 aliphatic heterocycles. The van der Waals surface area contributed by atoms with Crippen LogP contribution in [0.4, 0.5) is 4.39 Å². The SMILES string of the molecule is Cl.N[C@@H]1CCC[C@H]1CC(=O)N1CCN(C(=O)c2cccc(F)c2)CC1. The third-order valence-electron chi connectivity index (χ3n) is 5.15. The minimum atomic E-state index is -0.414. The Morgan fingerprint density at radius 3 is 2.40 bits per heavy atom. The van der Waals surface area contributed by atoms with Gasteiger partial charge in [-0.1, -0.05) is 12.5 Å². The summed E-state index contributed by atoms with van der Waals surface area (Å²) >= 11 is 0. The molecule has 2 atom stereocenters. The number of halogens is 2. The minimum absolute atomic E-state index is 0. The van der Waals surface area contributed by atoms with Crippen molar-refractivity contribution in [3.63, 3.8) is 0 Å². The molecule has 0 aromatic heterocycles. The van der Waals surface area contributed by atoms with Crippen LogP contribution in [-0.4, -0.2) is 53.8 Å². The van der Waals surface area contributed by atoms with Crippen LogP contribution in [0.3, 0.4) is 0 Å². The fraction of sp³-hybridized carbons (Fsp3) is 0.556. The molecule has 1 saturated heterocycles. The number of amides is 2. The van der Waals surface area contributed by atoms with E-state index in [0.29, 0.717) is 44.1 Å². The van der Waals surface area contributed by atoms with E-state index in [9.17, 15) is 14.0 Å². The maximum absolute atomic E-state index is 13.3. The van der Waals surface area contributed by atoms with Crippen molar-refractivity contribution >= 4 is 24.2 Å². The van der Waals surface area contributed by atoms with Crippen molar-refractivity contribution in [1.29, 1.82) is 0 Å². The monoisotopic (exact) mass is 369 g/mol. The molecule has 5 nitrogen and oxygen atoms in total. The minimum Gasteiger partial charge on any atom is -0.339 e. The average molecular weight is 370 g/mol. The summed E-state index contributed by atoms with van der Waals surface area (Å²) in [6.07, 6.45) is 3.66. The van der Waals surface area contributed by atoms with E-state index in [1.807, 2.05) is 4.90 Å². The number of nitrogens with zero attached hydrogens (tertiary/aromatic N) is 2. The number of benzene rings is 1. The summed E-state index contributed by atoms with van der Waals surface area (Å²) in [6, 6.07) is 5.87. The van der Waals surface area contributed by atoms with Crippen LogP contribution < -0.4 is 5.73 Å². The van der Waals surface area contributed by atoms with E-state index >= 15 is 0 Å². The van der Waals surface area contributed by atoms with Gasteiger partial charge >= 0.3 is 0 Å². The summed E-state index contributed by atoms with van der Waals surface area (Å²) in [6.45, 7) is 2.03. The molecule has 1 aliphatic carbocycles. The van der Waals surface area contributed by atoms with Gasteiger partial charge in [0, 0.05) is 44.2 Å². The zero-order valence-electron chi connectivity index (χ0n) is 14.2. The van der Waals surface area contributed by atoms with Crippen molar-refractivity contribution in [2.24, 2.45) is 11.7 Å². The van der Waals surface area contributed by atoms with Gasteiger partial charge < -0.3 is 15.5 Å². The lowest BCUT2D eigenvalue weighted by molar-refractivity contribution is -0.133. The van der Waals surface area contributed by atoms with E-state index in [4.69, 9.17) is 5.73 Å². The largest absolute Gasteiger partial charge is 0.339 e. The van der Waals surface area contributed by atoms with Crippen LogP contribution in [0.1, 0.15) is 36.0 Å². The molecule has 2 fully saturated rings. The van der Waals surface area contributed by atoms with Crippen LogP contribution in [0.15, 0.2) is 24.3 Å². The second kappa shape index (κ2) is 8.63. The number of rotatable bonds is 3. The van der Waals surface area contributed by atoms with Gasteiger partial charge in [0.05, 0.1) is 0 Å². The maximum atomic E-state index is 13.3. The summed E-state index contributed by atoms with van der Waals surface area (Å²) in [7, 11) is 0. The molecule has 1 aromatic rings. The summed E-state index contributed by atoms with van der Waals surface area (Å²) in [5, 5.41) is 0. The zero-order chi connectivity index (χ0) is 17.1. The molecule has 3 rings (SSSR count). The Labute approximate surface area is 153 Å². The fourth-order valence-corrected chi connectivity index (χ4v) is 3.64. The molecule has 1 saturated carbocycles. The number of nitrogens with two attached hydrogens (primary N) is 1. The van der Waals surface area contributed by atoms with Crippen molar-refractivity contribution in [1.82, 2.24) is 9.80 Å². The lowest BCUT2D eigenvalue weighted by Gasteiger charge is -2.35. The van der Waals surface area contributed by atoms with E-state index in [1.54, 1.807) is 11.0 Å². The highest BCUT2D eigenvalue weighted by molar-refractivity contribution is 5.94. The molecular weight excluding hydrogens is 345 g/mol. The Kier molecular flexibility index (Phi) is 6.79. The van der Waals surface area contributed by atoms with Crippen LogP contribution in [0.2, 0.25) is 0 Å². The van der Waals surface area contributed by atoms with E-state index in [2.05, 4.69) is 0 Å². The van der Waals surface area contributed by atoms with Gasteiger partial charge in [-0.25, -0.2) is 4.39 Å². The summed E-state index contributed by atoms with van der Waals surface area (Å²) in [4.78, 5) is 28.3. The topological polar surface area (TPSA) is 66.6 Å². The van der Waals surface area contributed by atoms with Gasteiger partial charge in [-0.15, -0.1) is 12.4 Å². The Bertz CT molecular complexity index is 620. The maximum Gasteiger partial charge on any atom is 0.254 e. The number of carbonyl (C=O) groups excluding carboxylic acids is 2. The van der Waals surface area contributed by atoms with E-state index in [1.165, 1.54) is 18.2 Å². The molecule has 1 aromatic carbocycles. The summed E-state index contributed by atoms with van der Waals surface area (Å²) in [5.41, 5.74) is 6.39. The number of hydrogen-bond donors (Lipinski definition) is 1. The third-order valence-corrected chi connectivity index (χ3v) is 5.15. The highest BCUT2D eigenvalue weighted by atomic mass is 35.5. The lowest BCUT2D eigenvalue weighted by Crippen LogP contribution is -2.51. The number of piperazine rings is 1. The molecule has 0 radical (unpaired) electrons. The van der Waals surface area contributed by atoms with Gasteiger partial charge in [0.1, 0.15) is 5.82 Å². The van der Waals surface area contributed by atoms with Crippen molar-refractivity contribution in [2.75, 3.05) is 26.2 Å². The van der Waals surface area contributed by atoms with Gasteiger partial charge in [0.15, 0.2) is 0 Å². The molecule has 0 bridgehead atoms. The first-order valence-corrected chi connectivity index (χ1v) is 8.63. The molecular formula is C18H25ClFN3O2. The van der Waals surface area contributed by atoms with Gasteiger partial charge in [-0.3, -0.25) is 9.59 Å². The molecule has 25 heavy (non-hydrogen) atoms. The van der Waals surface area contributed by atoms with Gasteiger partial charge in [0.2, 0.25) is 5.91 Å². The molecule has 0 spiro atoms. The predicted molar refractivity (Wildman–Crippen MR) is 96.1 cm³/mol. The van der Waals surface area contributed by atoms with Gasteiger partial charge in [0.25, 0.3) is 5.91 Å². The second-order valence-electron chi connectivity index (χ2n) is 6.74. The molecule has 1 heterocycles. The Morgan fingerprint density at radius 2 is 1.80 bits per heavy atom. The molecule has 7 heteroatoms. The zero-order valence-corrected chi connectivity index (χ0v) is 15.0. The third kappa shape index (κ3) is 4.70. The molecule has 2 N–H and O–H groups in total.